The topological polar surface area (TPSA) is 82.9 Å². The molecule has 0 amide bonds. The van der Waals surface area contributed by atoms with Crippen LogP contribution in [0, 0.1) is 6.92 Å². The molecule has 0 fully saturated rings. The summed E-state index contributed by atoms with van der Waals surface area (Å²) in [6.45, 7) is 3.58. The van der Waals surface area contributed by atoms with Gasteiger partial charge in [0.2, 0.25) is 0 Å². The van der Waals surface area contributed by atoms with E-state index in [2.05, 4.69) is 61.9 Å². The first-order valence-corrected chi connectivity index (χ1v) is 9.67. The lowest BCUT2D eigenvalue weighted by molar-refractivity contribution is 0.794. The first-order valence-electron chi connectivity index (χ1n) is 9.67. The second kappa shape index (κ2) is 8.60. The highest BCUT2D eigenvalue weighted by atomic mass is 15.2. The Hall–Kier alpha value is -3.61. The average molecular weight is 387 g/mol. The van der Waals surface area contributed by atoms with Crippen molar-refractivity contribution in [1.29, 1.82) is 0 Å². The maximum Gasteiger partial charge on any atom is 0.191 e. The molecule has 7 heteroatoms. The third kappa shape index (κ3) is 4.45. The van der Waals surface area contributed by atoms with Crippen molar-refractivity contribution >= 4 is 16.9 Å². The molecule has 3 heterocycles. The molecule has 3 aromatic heterocycles. The van der Waals surface area contributed by atoms with Crippen molar-refractivity contribution in [1.82, 2.24) is 30.2 Å². The molecule has 0 aliphatic carbocycles. The molecule has 1 aromatic carbocycles. The summed E-state index contributed by atoms with van der Waals surface area (Å²) in [7, 11) is 1.78. The van der Waals surface area contributed by atoms with Crippen molar-refractivity contribution in [3.63, 3.8) is 0 Å². The van der Waals surface area contributed by atoms with Crippen LogP contribution in [0.4, 0.5) is 0 Å². The number of fused-ring (bicyclic) bond motifs is 1. The van der Waals surface area contributed by atoms with E-state index in [1.807, 2.05) is 22.9 Å². The molecule has 148 valence electrons. The number of nitrogens with one attached hydrogen (secondary N) is 3. The summed E-state index contributed by atoms with van der Waals surface area (Å²) in [6.07, 6.45) is 10.2. The van der Waals surface area contributed by atoms with Gasteiger partial charge in [0.1, 0.15) is 12.1 Å². The number of H-pyrrole nitrogens is 1. The van der Waals surface area contributed by atoms with Crippen molar-refractivity contribution in [2.75, 3.05) is 13.6 Å². The van der Waals surface area contributed by atoms with Gasteiger partial charge >= 0.3 is 0 Å². The van der Waals surface area contributed by atoms with Crippen LogP contribution in [0.3, 0.4) is 0 Å². The van der Waals surface area contributed by atoms with E-state index in [-0.39, 0.29) is 0 Å². The molecule has 0 unspecified atom stereocenters. The number of pyridine rings is 1. The quantitative estimate of drug-likeness (QED) is 0.351. The molecule has 4 rings (SSSR count). The number of aliphatic imine (C=N–C) groups is 1. The summed E-state index contributed by atoms with van der Waals surface area (Å²) >= 11 is 0. The van der Waals surface area contributed by atoms with Crippen LogP contribution < -0.4 is 10.6 Å². The Bertz CT molecular complexity index is 1110. The Morgan fingerprint density at radius 3 is 2.93 bits per heavy atom. The van der Waals surface area contributed by atoms with Gasteiger partial charge in [-0.3, -0.25) is 9.56 Å². The number of aryl methyl sites for hydroxylation is 1. The lowest BCUT2D eigenvalue weighted by Gasteiger charge is -2.12. The average Bonchev–Trinajstić information content (AvgIpc) is 3.41. The van der Waals surface area contributed by atoms with E-state index in [9.17, 15) is 0 Å². The van der Waals surface area contributed by atoms with Gasteiger partial charge in [-0.1, -0.05) is 12.1 Å². The van der Waals surface area contributed by atoms with Crippen LogP contribution in [0.15, 0.2) is 66.4 Å². The normalized spacial score (nSPS) is 11.7. The first-order chi connectivity index (χ1) is 14.2. The molecule has 0 aliphatic rings. The molecular formula is C22H25N7. The summed E-state index contributed by atoms with van der Waals surface area (Å²) in [5.74, 6) is 1.63. The third-order valence-electron chi connectivity index (χ3n) is 4.87. The van der Waals surface area contributed by atoms with E-state index in [4.69, 9.17) is 0 Å². The van der Waals surface area contributed by atoms with Gasteiger partial charge in [0.05, 0.1) is 0 Å². The molecule has 0 aliphatic heterocycles. The zero-order chi connectivity index (χ0) is 20.1. The number of imidazole rings is 1. The Balaban J connectivity index is 1.31. The fraction of sp³-hybridized carbons (Fsp3) is 0.227. The Kier molecular flexibility index (Phi) is 5.56. The van der Waals surface area contributed by atoms with Gasteiger partial charge in [0.25, 0.3) is 0 Å². The first kappa shape index (κ1) is 18.7. The number of rotatable bonds is 6. The molecule has 3 N–H and O–H groups in total. The molecule has 0 bridgehead atoms. The predicted molar refractivity (Wildman–Crippen MR) is 116 cm³/mol. The molecule has 0 atom stereocenters. The summed E-state index contributed by atoms with van der Waals surface area (Å²) in [5.41, 5.74) is 4.88. The summed E-state index contributed by atoms with van der Waals surface area (Å²) in [6, 6.07) is 10.6. The number of nitrogens with zero attached hydrogens (tertiary/aromatic N) is 4. The Morgan fingerprint density at radius 1 is 1.17 bits per heavy atom. The highest BCUT2D eigenvalue weighted by molar-refractivity contribution is 5.84. The van der Waals surface area contributed by atoms with E-state index < -0.39 is 0 Å². The number of guanidine groups is 1. The summed E-state index contributed by atoms with van der Waals surface area (Å²) < 4.78 is 1.89. The standard InChI is InChI=1S/C22H25N7/c1-16-3-4-19-18(14-27-20(19)11-16)6-8-26-22(23-2)28-13-17-5-7-25-21(12-17)29-10-9-24-15-29/h3-5,7,9-12,14-15,27H,6,8,13H2,1-2H3,(H2,23,26,28). The molecule has 29 heavy (non-hydrogen) atoms. The number of hydrogen-bond acceptors (Lipinski definition) is 3. The van der Waals surface area contributed by atoms with Crippen molar-refractivity contribution < 1.29 is 0 Å². The van der Waals surface area contributed by atoms with Crippen LogP contribution in [0.1, 0.15) is 16.7 Å². The lowest BCUT2D eigenvalue weighted by Crippen LogP contribution is -2.37. The van der Waals surface area contributed by atoms with Gasteiger partial charge in [-0.25, -0.2) is 9.97 Å². The number of aromatic nitrogens is 4. The molecule has 4 aromatic rings. The van der Waals surface area contributed by atoms with E-state index in [0.29, 0.717) is 6.54 Å². The minimum Gasteiger partial charge on any atom is -0.361 e. The van der Waals surface area contributed by atoms with Gasteiger partial charge in [0, 0.05) is 55.8 Å². The Morgan fingerprint density at radius 2 is 2.10 bits per heavy atom. The van der Waals surface area contributed by atoms with E-state index >= 15 is 0 Å². The fourth-order valence-corrected chi connectivity index (χ4v) is 3.34. The molecule has 7 nitrogen and oxygen atoms in total. The van der Waals surface area contributed by atoms with E-state index in [0.717, 1.165) is 30.3 Å². The molecule has 0 spiro atoms. The zero-order valence-electron chi connectivity index (χ0n) is 16.7. The minimum absolute atomic E-state index is 0.663. The zero-order valence-corrected chi connectivity index (χ0v) is 16.7. The SMILES string of the molecule is CN=C(NCCc1c[nH]c2cc(C)ccc12)NCc1ccnc(-n2ccnc2)c1. The second-order valence-electron chi connectivity index (χ2n) is 6.96. The number of hydrogen-bond donors (Lipinski definition) is 3. The lowest BCUT2D eigenvalue weighted by atomic mass is 10.1. The van der Waals surface area contributed by atoms with Crippen molar-refractivity contribution in [2.24, 2.45) is 4.99 Å². The van der Waals surface area contributed by atoms with Gasteiger partial charge in [-0.15, -0.1) is 0 Å². The second-order valence-corrected chi connectivity index (χ2v) is 6.96. The van der Waals surface area contributed by atoms with Crippen LogP contribution in [0.5, 0.6) is 0 Å². The minimum atomic E-state index is 0.663. The van der Waals surface area contributed by atoms with Crippen LogP contribution >= 0.6 is 0 Å². The van der Waals surface area contributed by atoms with Crippen LogP contribution in [-0.4, -0.2) is 39.1 Å². The van der Waals surface area contributed by atoms with Gasteiger partial charge < -0.3 is 15.6 Å². The molecule has 0 saturated heterocycles. The third-order valence-corrected chi connectivity index (χ3v) is 4.87. The largest absolute Gasteiger partial charge is 0.361 e. The Labute approximate surface area is 169 Å². The smallest absolute Gasteiger partial charge is 0.191 e. The van der Waals surface area contributed by atoms with Crippen molar-refractivity contribution in [3.05, 3.63) is 78.1 Å². The van der Waals surface area contributed by atoms with Crippen LogP contribution in [-0.2, 0) is 13.0 Å². The van der Waals surface area contributed by atoms with Gasteiger partial charge in [0.15, 0.2) is 5.96 Å². The maximum atomic E-state index is 4.38. The molecular weight excluding hydrogens is 362 g/mol. The van der Waals surface area contributed by atoms with Gasteiger partial charge in [-0.2, -0.15) is 0 Å². The predicted octanol–water partition coefficient (Wildman–Crippen LogP) is 2.96. The molecule has 0 saturated carbocycles. The van der Waals surface area contributed by atoms with Crippen molar-refractivity contribution in [2.45, 2.75) is 19.9 Å². The van der Waals surface area contributed by atoms with E-state index in [1.54, 1.807) is 25.8 Å². The van der Waals surface area contributed by atoms with Crippen LogP contribution in [0.2, 0.25) is 0 Å². The van der Waals surface area contributed by atoms with Crippen molar-refractivity contribution in [3.8, 4) is 5.82 Å². The fourth-order valence-electron chi connectivity index (χ4n) is 3.34. The van der Waals surface area contributed by atoms with Crippen LogP contribution in [0.25, 0.3) is 16.7 Å². The summed E-state index contributed by atoms with van der Waals surface area (Å²) in [5, 5.41) is 8.03. The summed E-state index contributed by atoms with van der Waals surface area (Å²) in [4.78, 5) is 16.1. The van der Waals surface area contributed by atoms with E-state index in [1.165, 1.54) is 22.0 Å². The maximum absolute atomic E-state index is 4.38. The monoisotopic (exact) mass is 387 g/mol. The molecule has 0 radical (unpaired) electrons. The number of benzene rings is 1. The highest BCUT2D eigenvalue weighted by Crippen LogP contribution is 2.19. The highest BCUT2D eigenvalue weighted by Gasteiger charge is 2.05. The van der Waals surface area contributed by atoms with Gasteiger partial charge in [-0.05, 0) is 48.2 Å². The number of aromatic amines is 1.